The highest BCUT2D eigenvalue weighted by Gasteiger charge is 2.18. The number of hydrogen-bond donors (Lipinski definition) is 1. The number of benzene rings is 1. The first-order valence-corrected chi connectivity index (χ1v) is 7.37. The van der Waals surface area contributed by atoms with Gasteiger partial charge in [-0.15, -0.1) is 12.4 Å². The average Bonchev–Trinajstić information content (AvgIpc) is 2.59. The molecule has 0 radical (unpaired) electrons. The van der Waals surface area contributed by atoms with Crippen LogP contribution in [-0.2, 0) is 6.54 Å². The van der Waals surface area contributed by atoms with E-state index in [0.717, 1.165) is 16.9 Å². The molecule has 0 aliphatic carbocycles. The summed E-state index contributed by atoms with van der Waals surface area (Å²) in [5.41, 5.74) is 2.25. The molecule has 124 valence electrons. The molecule has 0 bridgehead atoms. The number of halogens is 1. The highest BCUT2D eigenvalue weighted by atomic mass is 35.5. The summed E-state index contributed by atoms with van der Waals surface area (Å²) in [5.74, 6) is 2.15. The molecule has 6 heteroatoms. The summed E-state index contributed by atoms with van der Waals surface area (Å²) in [5, 5.41) is 3.48. The van der Waals surface area contributed by atoms with Crippen LogP contribution >= 0.6 is 12.4 Å². The summed E-state index contributed by atoms with van der Waals surface area (Å²) in [6, 6.07) is 8.21. The van der Waals surface area contributed by atoms with E-state index in [1.165, 1.54) is 0 Å². The maximum Gasteiger partial charge on any atom is 0.203 e. The van der Waals surface area contributed by atoms with E-state index < -0.39 is 0 Å². The van der Waals surface area contributed by atoms with E-state index in [1.54, 1.807) is 13.3 Å². The molecular formula is C17H21ClN2O3. The van der Waals surface area contributed by atoms with Crippen molar-refractivity contribution in [3.63, 3.8) is 0 Å². The minimum absolute atomic E-state index is 0. The maximum atomic E-state index is 5.66. The van der Waals surface area contributed by atoms with Gasteiger partial charge in [0.05, 0.1) is 7.11 Å². The number of pyridine rings is 1. The second-order valence-corrected chi connectivity index (χ2v) is 5.21. The predicted molar refractivity (Wildman–Crippen MR) is 90.7 cm³/mol. The Morgan fingerprint density at radius 3 is 2.87 bits per heavy atom. The van der Waals surface area contributed by atoms with Gasteiger partial charge in [0.25, 0.3) is 0 Å². The molecule has 2 aromatic rings. The monoisotopic (exact) mass is 336 g/mol. The van der Waals surface area contributed by atoms with Crippen molar-refractivity contribution in [1.29, 1.82) is 0 Å². The Kier molecular flexibility index (Phi) is 6.07. The minimum Gasteiger partial charge on any atom is -0.493 e. The molecule has 1 unspecified atom stereocenters. The summed E-state index contributed by atoms with van der Waals surface area (Å²) in [4.78, 5) is 4.15. The van der Waals surface area contributed by atoms with Crippen LogP contribution in [0.4, 0.5) is 0 Å². The zero-order valence-corrected chi connectivity index (χ0v) is 14.1. The number of aromatic nitrogens is 1. The van der Waals surface area contributed by atoms with Gasteiger partial charge in [0.15, 0.2) is 11.5 Å². The number of nitrogens with one attached hydrogen (secondary N) is 1. The zero-order valence-electron chi connectivity index (χ0n) is 13.2. The fraction of sp³-hybridized carbons (Fsp3) is 0.353. The molecule has 1 aliphatic rings. The molecule has 0 amide bonds. The first-order valence-electron chi connectivity index (χ1n) is 7.37. The van der Waals surface area contributed by atoms with Gasteiger partial charge in [-0.3, -0.25) is 4.98 Å². The van der Waals surface area contributed by atoms with E-state index in [4.69, 9.17) is 14.2 Å². The predicted octanol–water partition coefficient (Wildman–Crippen LogP) is 3.13. The third-order valence-corrected chi connectivity index (χ3v) is 3.68. The quantitative estimate of drug-likeness (QED) is 0.909. The molecule has 2 heterocycles. The lowest BCUT2D eigenvalue weighted by Crippen LogP contribution is -2.19. The lowest BCUT2D eigenvalue weighted by Gasteiger charge is -2.22. The lowest BCUT2D eigenvalue weighted by molar-refractivity contribution is 0.165. The summed E-state index contributed by atoms with van der Waals surface area (Å²) in [6.07, 6.45) is 3.66. The number of methoxy groups -OCH3 is 1. The number of nitrogens with zero attached hydrogens (tertiary/aromatic N) is 1. The van der Waals surface area contributed by atoms with Gasteiger partial charge in [-0.1, -0.05) is 6.07 Å². The van der Waals surface area contributed by atoms with E-state index in [9.17, 15) is 0 Å². The summed E-state index contributed by atoms with van der Waals surface area (Å²) in [6.45, 7) is 3.95. The van der Waals surface area contributed by atoms with Gasteiger partial charge in [0.1, 0.15) is 13.2 Å². The van der Waals surface area contributed by atoms with E-state index in [0.29, 0.717) is 31.3 Å². The highest BCUT2D eigenvalue weighted by Crippen LogP contribution is 2.40. The molecule has 1 aliphatic heterocycles. The Morgan fingerprint density at radius 2 is 2.13 bits per heavy atom. The fourth-order valence-electron chi connectivity index (χ4n) is 2.45. The van der Waals surface area contributed by atoms with Crippen molar-refractivity contribution in [1.82, 2.24) is 10.3 Å². The highest BCUT2D eigenvalue weighted by molar-refractivity contribution is 5.85. The van der Waals surface area contributed by atoms with E-state index in [1.807, 2.05) is 24.4 Å². The van der Waals surface area contributed by atoms with Gasteiger partial charge in [-0.2, -0.15) is 0 Å². The molecule has 23 heavy (non-hydrogen) atoms. The van der Waals surface area contributed by atoms with Gasteiger partial charge in [-0.05, 0) is 36.2 Å². The van der Waals surface area contributed by atoms with Gasteiger partial charge >= 0.3 is 0 Å². The van der Waals surface area contributed by atoms with Crippen molar-refractivity contribution in [3.8, 4) is 17.2 Å². The molecular weight excluding hydrogens is 316 g/mol. The lowest BCUT2D eigenvalue weighted by atomic mass is 10.1. The molecule has 0 saturated heterocycles. The molecule has 0 fully saturated rings. The molecule has 1 N–H and O–H groups in total. The number of fused-ring (bicyclic) bond motifs is 1. The van der Waals surface area contributed by atoms with Crippen LogP contribution in [-0.4, -0.2) is 25.3 Å². The third-order valence-electron chi connectivity index (χ3n) is 3.68. The molecule has 1 aromatic heterocycles. The first-order chi connectivity index (χ1) is 10.8. The number of rotatable bonds is 5. The Hall–Kier alpha value is -1.98. The van der Waals surface area contributed by atoms with Crippen molar-refractivity contribution in [2.75, 3.05) is 20.3 Å². The second-order valence-electron chi connectivity index (χ2n) is 5.21. The molecule has 0 spiro atoms. The van der Waals surface area contributed by atoms with Crippen LogP contribution in [0, 0.1) is 0 Å². The van der Waals surface area contributed by atoms with Crippen LogP contribution in [0.5, 0.6) is 17.2 Å². The Balaban J connectivity index is 0.00000192. The smallest absolute Gasteiger partial charge is 0.203 e. The van der Waals surface area contributed by atoms with Crippen molar-refractivity contribution >= 4 is 12.4 Å². The molecule has 1 aromatic carbocycles. The maximum absolute atomic E-state index is 5.66. The minimum atomic E-state index is 0. The van der Waals surface area contributed by atoms with Crippen LogP contribution < -0.4 is 19.5 Å². The van der Waals surface area contributed by atoms with Gasteiger partial charge in [-0.25, -0.2) is 0 Å². The first kappa shape index (κ1) is 17.4. The second kappa shape index (κ2) is 8.04. The molecule has 3 rings (SSSR count). The van der Waals surface area contributed by atoms with Crippen molar-refractivity contribution < 1.29 is 14.2 Å². The molecule has 0 saturated carbocycles. The summed E-state index contributed by atoms with van der Waals surface area (Å²) >= 11 is 0. The zero-order chi connectivity index (χ0) is 15.4. The Bertz CT molecular complexity index is 620. The van der Waals surface area contributed by atoms with Crippen LogP contribution in [0.2, 0.25) is 0 Å². The van der Waals surface area contributed by atoms with Crippen molar-refractivity contribution in [3.05, 3.63) is 47.8 Å². The van der Waals surface area contributed by atoms with Crippen molar-refractivity contribution in [2.45, 2.75) is 19.5 Å². The molecule has 5 nitrogen and oxygen atoms in total. The van der Waals surface area contributed by atoms with Crippen LogP contribution in [0.15, 0.2) is 36.7 Å². The Labute approximate surface area is 142 Å². The Morgan fingerprint density at radius 1 is 1.30 bits per heavy atom. The topological polar surface area (TPSA) is 52.6 Å². The van der Waals surface area contributed by atoms with Gasteiger partial charge in [0.2, 0.25) is 5.75 Å². The molecule has 1 atom stereocenters. The largest absolute Gasteiger partial charge is 0.493 e. The summed E-state index contributed by atoms with van der Waals surface area (Å²) < 4.78 is 16.7. The standard InChI is InChI=1S/C17H20N2O3.ClH/c1-12(14-4-3-5-18-11-14)19-10-13-8-15(20-2)17-16(9-13)21-6-7-22-17;/h3-5,8-9,11-12,19H,6-7,10H2,1-2H3;1H. The van der Waals surface area contributed by atoms with E-state index in [2.05, 4.69) is 23.3 Å². The third kappa shape index (κ3) is 4.06. The fourth-order valence-corrected chi connectivity index (χ4v) is 2.45. The van der Waals surface area contributed by atoms with Crippen LogP contribution in [0.3, 0.4) is 0 Å². The summed E-state index contributed by atoms with van der Waals surface area (Å²) in [7, 11) is 1.64. The normalized spacial score (nSPS) is 13.8. The average molecular weight is 337 g/mol. The van der Waals surface area contributed by atoms with Gasteiger partial charge < -0.3 is 19.5 Å². The van der Waals surface area contributed by atoms with Crippen molar-refractivity contribution in [2.24, 2.45) is 0 Å². The SMILES string of the molecule is COc1cc(CNC(C)c2cccnc2)cc2c1OCCO2.Cl. The van der Waals surface area contributed by atoms with Gasteiger partial charge in [0, 0.05) is 25.0 Å². The van der Waals surface area contributed by atoms with Crippen LogP contribution in [0.1, 0.15) is 24.1 Å². The van der Waals surface area contributed by atoms with E-state index in [-0.39, 0.29) is 18.4 Å². The van der Waals surface area contributed by atoms with Crippen LogP contribution in [0.25, 0.3) is 0 Å². The number of ether oxygens (including phenoxy) is 3. The number of hydrogen-bond acceptors (Lipinski definition) is 5. The van der Waals surface area contributed by atoms with E-state index >= 15 is 0 Å².